The van der Waals surface area contributed by atoms with Crippen molar-refractivity contribution in [3.8, 4) is 5.75 Å². The molecule has 6 heteroatoms. The van der Waals surface area contributed by atoms with Crippen molar-refractivity contribution in [2.75, 3.05) is 39.3 Å². The van der Waals surface area contributed by atoms with Gasteiger partial charge in [0.2, 0.25) is 0 Å². The number of ether oxygens (including phenoxy) is 1. The maximum Gasteiger partial charge on any atom is 0.338 e. The van der Waals surface area contributed by atoms with Crippen LogP contribution < -0.4 is 0 Å². The van der Waals surface area contributed by atoms with Gasteiger partial charge in [-0.05, 0) is 37.6 Å². The predicted molar refractivity (Wildman–Crippen MR) is 88.8 cm³/mol. The quantitative estimate of drug-likeness (QED) is 0.618. The highest BCUT2D eigenvalue weighted by Gasteiger charge is 2.14. The van der Waals surface area contributed by atoms with E-state index in [4.69, 9.17) is 4.74 Å². The first-order chi connectivity index (χ1) is 11.1. The van der Waals surface area contributed by atoms with Gasteiger partial charge in [0.25, 0.3) is 0 Å². The Kier molecular flexibility index (Phi) is 9.28. The number of phenols is 1. The van der Waals surface area contributed by atoms with Crippen LogP contribution in [0.3, 0.4) is 0 Å². The lowest BCUT2D eigenvalue weighted by molar-refractivity contribution is -0.117. The Morgan fingerprint density at radius 3 is 2.52 bits per heavy atom. The Morgan fingerprint density at radius 1 is 1.17 bits per heavy atom. The molecule has 1 aromatic rings. The monoisotopic (exact) mass is 324 g/mol. The third-order valence-corrected chi connectivity index (χ3v) is 3.53. The van der Waals surface area contributed by atoms with Crippen molar-refractivity contribution in [3.05, 3.63) is 29.8 Å². The standard InChI is InChI=1S/C15H22N2O4.C2H6/c18-14-5-3-4-13(12-14)15(19)21-11-2-1-6-16-7-9-17(20)10-8-16;1-2/h3-5,12,18,20H,1-2,6-11H2;1-2H3. The van der Waals surface area contributed by atoms with Gasteiger partial charge in [-0.25, -0.2) is 4.79 Å². The minimum Gasteiger partial charge on any atom is -0.508 e. The van der Waals surface area contributed by atoms with E-state index < -0.39 is 5.97 Å². The summed E-state index contributed by atoms with van der Waals surface area (Å²) in [4.78, 5) is 14.0. The molecular formula is C17H28N2O4. The molecular weight excluding hydrogens is 296 g/mol. The number of benzene rings is 1. The van der Waals surface area contributed by atoms with Crippen LogP contribution in [0.25, 0.3) is 0 Å². The number of hydroxylamine groups is 2. The van der Waals surface area contributed by atoms with Gasteiger partial charge in [0.05, 0.1) is 12.2 Å². The van der Waals surface area contributed by atoms with Gasteiger partial charge in [0, 0.05) is 26.2 Å². The number of esters is 1. The molecule has 0 aromatic heterocycles. The molecule has 0 radical (unpaired) electrons. The Bertz CT molecular complexity index is 460. The summed E-state index contributed by atoms with van der Waals surface area (Å²) in [5.74, 6) is -0.340. The average molecular weight is 324 g/mol. The molecule has 2 N–H and O–H groups in total. The van der Waals surface area contributed by atoms with E-state index in [1.54, 1.807) is 12.1 Å². The molecule has 1 fully saturated rings. The van der Waals surface area contributed by atoms with E-state index in [-0.39, 0.29) is 5.75 Å². The highest BCUT2D eigenvalue weighted by atomic mass is 16.5. The van der Waals surface area contributed by atoms with Gasteiger partial charge in [-0.1, -0.05) is 19.9 Å². The molecule has 0 saturated carbocycles. The molecule has 130 valence electrons. The molecule has 0 atom stereocenters. The Hall–Kier alpha value is -1.63. The van der Waals surface area contributed by atoms with Crippen LogP contribution >= 0.6 is 0 Å². The van der Waals surface area contributed by atoms with Crippen LogP contribution in [0.1, 0.15) is 37.0 Å². The SMILES string of the molecule is CC.O=C(OCCCCN1CCN(O)CC1)c1cccc(O)c1. The molecule has 0 spiro atoms. The number of piperazine rings is 1. The van der Waals surface area contributed by atoms with Crippen LogP contribution in [0.4, 0.5) is 0 Å². The van der Waals surface area contributed by atoms with Gasteiger partial charge >= 0.3 is 5.97 Å². The van der Waals surface area contributed by atoms with Gasteiger partial charge in [-0.3, -0.25) is 0 Å². The summed E-state index contributed by atoms with van der Waals surface area (Å²) in [6, 6.07) is 6.16. The lowest BCUT2D eigenvalue weighted by atomic mass is 10.2. The minimum absolute atomic E-state index is 0.0625. The summed E-state index contributed by atoms with van der Waals surface area (Å²) in [7, 11) is 0. The van der Waals surface area contributed by atoms with E-state index in [0.717, 1.165) is 32.5 Å². The van der Waals surface area contributed by atoms with Gasteiger partial charge in [0.1, 0.15) is 5.75 Å². The van der Waals surface area contributed by atoms with Crippen LogP contribution in [-0.4, -0.2) is 65.6 Å². The lowest BCUT2D eigenvalue weighted by Gasteiger charge is -2.30. The topological polar surface area (TPSA) is 73.2 Å². The molecule has 23 heavy (non-hydrogen) atoms. The normalized spacial score (nSPS) is 15.6. The van der Waals surface area contributed by atoms with Crippen LogP contribution in [0.15, 0.2) is 24.3 Å². The molecule has 1 aromatic carbocycles. The van der Waals surface area contributed by atoms with E-state index in [2.05, 4.69) is 4.90 Å². The van der Waals surface area contributed by atoms with Gasteiger partial charge in [0.15, 0.2) is 0 Å². The van der Waals surface area contributed by atoms with Gasteiger partial charge in [-0.2, -0.15) is 5.06 Å². The number of hydrogen-bond acceptors (Lipinski definition) is 6. The van der Waals surface area contributed by atoms with Crippen LogP contribution in [0.5, 0.6) is 5.75 Å². The summed E-state index contributed by atoms with van der Waals surface area (Å²) in [6.45, 7) is 8.46. The number of phenolic OH excluding ortho intramolecular Hbond substituents is 1. The van der Waals surface area contributed by atoms with Gasteiger partial charge < -0.3 is 20.0 Å². The maximum absolute atomic E-state index is 11.7. The summed E-state index contributed by atoms with van der Waals surface area (Å²) < 4.78 is 5.17. The fourth-order valence-corrected chi connectivity index (χ4v) is 2.28. The molecule has 0 amide bonds. The summed E-state index contributed by atoms with van der Waals surface area (Å²) in [5.41, 5.74) is 0.370. The molecule has 1 heterocycles. The molecule has 0 aliphatic carbocycles. The number of carbonyl (C=O) groups excluding carboxylic acids is 1. The number of rotatable bonds is 6. The zero-order valence-corrected chi connectivity index (χ0v) is 14.1. The lowest BCUT2D eigenvalue weighted by Crippen LogP contribution is -2.44. The van der Waals surface area contributed by atoms with E-state index in [1.165, 1.54) is 17.2 Å². The van der Waals surface area contributed by atoms with Crippen LogP contribution in [-0.2, 0) is 4.74 Å². The smallest absolute Gasteiger partial charge is 0.338 e. The van der Waals surface area contributed by atoms with Crippen molar-refractivity contribution < 1.29 is 19.8 Å². The zero-order chi connectivity index (χ0) is 17.1. The number of aromatic hydroxyl groups is 1. The molecule has 2 rings (SSSR count). The highest BCUT2D eigenvalue weighted by Crippen LogP contribution is 2.12. The number of carbonyl (C=O) groups is 1. The second-order valence-corrected chi connectivity index (χ2v) is 5.19. The second kappa shape index (κ2) is 11.0. The molecule has 1 aliphatic heterocycles. The van der Waals surface area contributed by atoms with E-state index in [0.29, 0.717) is 25.3 Å². The predicted octanol–water partition coefficient (Wildman–Crippen LogP) is 2.36. The third kappa shape index (κ3) is 7.45. The Labute approximate surface area is 138 Å². The van der Waals surface area contributed by atoms with E-state index in [1.807, 2.05) is 13.8 Å². The van der Waals surface area contributed by atoms with Crippen molar-refractivity contribution in [1.82, 2.24) is 9.96 Å². The largest absolute Gasteiger partial charge is 0.508 e. The third-order valence-electron chi connectivity index (χ3n) is 3.53. The summed E-state index contributed by atoms with van der Waals surface area (Å²) in [5, 5.41) is 19.9. The molecule has 1 saturated heterocycles. The highest BCUT2D eigenvalue weighted by molar-refractivity contribution is 5.89. The van der Waals surface area contributed by atoms with Crippen LogP contribution in [0, 0.1) is 0 Å². The van der Waals surface area contributed by atoms with Crippen molar-refractivity contribution in [2.45, 2.75) is 26.7 Å². The fourth-order valence-electron chi connectivity index (χ4n) is 2.28. The van der Waals surface area contributed by atoms with Gasteiger partial charge in [-0.15, -0.1) is 0 Å². The minimum atomic E-state index is -0.403. The van der Waals surface area contributed by atoms with Crippen molar-refractivity contribution in [1.29, 1.82) is 0 Å². The molecule has 1 aliphatic rings. The second-order valence-electron chi connectivity index (χ2n) is 5.19. The fraction of sp³-hybridized carbons (Fsp3) is 0.588. The van der Waals surface area contributed by atoms with E-state index >= 15 is 0 Å². The van der Waals surface area contributed by atoms with E-state index in [9.17, 15) is 15.1 Å². The average Bonchev–Trinajstić information content (AvgIpc) is 2.58. The Morgan fingerprint density at radius 2 is 1.87 bits per heavy atom. The zero-order valence-electron chi connectivity index (χ0n) is 14.1. The number of hydrogen-bond donors (Lipinski definition) is 2. The summed E-state index contributed by atoms with van der Waals surface area (Å²) in [6.07, 6.45) is 1.77. The summed E-state index contributed by atoms with van der Waals surface area (Å²) >= 11 is 0. The first-order valence-electron chi connectivity index (χ1n) is 8.27. The van der Waals surface area contributed by atoms with Crippen molar-refractivity contribution in [2.24, 2.45) is 0 Å². The molecule has 6 nitrogen and oxygen atoms in total. The van der Waals surface area contributed by atoms with Crippen molar-refractivity contribution in [3.63, 3.8) is 0 Å². The maximum atomic E-state index is 11.7. The first-order valence-corrected chi connectivity index (χ1v) is 8.27. The van der Waals surface area contributed by atoms with Crippen LogP contribution in [0.2, 0.25) is 0 Å². The molecule has 0 unspecified atom stereocenters. The molecule has 0 bridgehead atoms. The first kappa shape index (κ1) is 19.4. The Balaban J connectivity index is 0.00000127. The number of nitrogens with zero attached hydrogens (tertiary/aromatic N) is 2. The van der Waals surface area contributed by atoms with Crippen molar-refractivity contribution >= 4 is 5.97 Å². The number of unbranched alkanes of at least 4 members (excludes halogenated alkanes) is 1.